The summed E-state index contributed by atoms with van der Waals surface area (Å²) in [6.45, 7) is 1.55. The highest BCUT2D eigenvalue weighted by molar-refractivity contribution is 6.01. The van der Waals surface area contributed by atoms with Crippen LogP contribution in [0.3, 0.4) is 0 Å². The number of nitrogens with one attached hydrogen (secondary N) is 2. The molecule has 1 saturated heterocycles. The van der Waals surface area contributed by atoms with Crippen LogP contribution >= 0.6 is 0 Å². The summed E-state index contributed by atoms with van der Waals surface area (Å²) in [5.74, 6) is -0.918. The lowest BCUT2D eigenvalue weighted by Crippen LogP contribution is -2.37. The lowest BCUT2D eigenvalue weighted by molar-refractivity contribution is -0.120. The van der Waals surface area contributed by atoms with Gasteiger partial charge in [-0.1, -0.05) is 0 Å². The van der Waals surface area contributed by atoms with Gasteiger partial charge in [-0.2, -0.15) is 0 Å². The molecule has 0 saturated carbocycles. The zero-order valence-corrected chi connectivity index (χ0v) is 11.3. The van der Waals surface area contributed by atoms with Crippen LogP contribution in [0, 0.1) is 5.92 Å². The van der Waals surface area contributed by atoms with Gasteiger partial charge in [-0.25, -0.2) is 4.79 Å². The first kappa shape index (κ1) is 14.3. The molecule has 0 radical (unpaired) electrons. The molecule has 1 aromatic carbocycles. The molecule has 1 fully saturated rings. The van der Waals surface area contributed by atoms with Gasteiger partial charge in [-0.05, 0) is 37.6 Å². The van der Waals surface area contributed by atoms with Gasteiger partial charge in [-0.15, -0.1) is 0 Å². The molecule has 1 aromatic rings. The third-order valence-corrected chi connectivity index (χ3v) is 3.38. The number of carbonyl (C=O) groups is 2. The predicted molar refractivity (Wildman–Crippen MR) is 74.2 cm³/mol. The smallest absolute Gasteiger partial charge is 0.337 e. The van der Waals surface area contributed by atoms with Crippen LogP contribution in [0.2, 0.25) is 0 Å². The van der Waals surface area contributed by atoms with Crippen LogP contribution in [0.25, 0.3) is 0 Å². The predicted octanol–water partition coefficient (Wildman–Crippen LogP) is 1.33. The molecule has 1 aliphatic rings. The molecule has 0 aromatic heterocycles. The number of carbonyl (C=O) groups excluding carboxylic acids is 1. The molecule has 6 heteroatoms. The first-order valence-electron chi connectivity index (χ1n) is 6.54. The van der Waals surface area contributed by atoms with Crippen molar-refractivity contribution < 1.29 is 19.4 Å². The number of methoxy groups -OCH3 is 1. The van der Waals surface area contributed by atoms with Gasteiger partial charge in [0.15, 0.2) is 0 Å². The Morgan fingerprint density at radius 1 is 1.45 bits per heavy atom. The SMILES string of the molecule is COc1ccc(NC(=O)C2CCCNC2)c(C(=O)O)c1. The quantitative estimate of drug-likeness (QED) is 0.773. The van der Waals surface area contributed by atoms with E-state index in [-0.39, 0.29) is 17.4 Å². The summed E-state index contributed by atoms with van der Waals surface area (Å²) in [4.78, 5) is 23.3. The highest BCUT2D eigenvalue weighted by Crippen LogP contribution is 2.23. The third-order valence-electron chi connectivity index (χ3n) is 3.38. The molecule has 0 aliphatic carbocycles. The molecular weight excluding hydrogens is 260 g/mol. The minimum atomic E-state index is -1.10. The zero-order chi connectivity index (χ0) is 14.5. The summed E-state index contributed by atoms with van der Waals surface area (Å²) < 4.78 is 5.00. The van der Waals surface area contributed by atoms with Gasteiger partial charge >= 0.3 is 5.97 Å². The summed E-state index contributed by atoms with van der Waals surface area (Å²) in [6.07, 6.45) is 1.77. The van der Waals surface area contributed by atoms with Crippen LogP contribution in [-0.2, 0) is 4.79 Å². The van der Waals surface area contributed by atoms with Gasteiger partial charge < -0.3 is 20.5 Å². The normalized spacial score (nSPS) is 18.4. The number of carboxylic acids is 1. The fraction of sp³-hybridized carbons (Fsp3) is 0.429. The van der Waals surface area contributed by atoms with Gasteiger partial charge in [0.1, 0.15) is 5.75 Å². The Kier molecular flexibility index (Phi) is 4.57. The number of hydrogen-bond donors (Lipinski definition) is 3. The number of amides is 1. The molecule has 1 amide bonds. The molecule has 0 bridgehead atoms. The largest absolute Gasteiger partial charge is 0.497 e. The standard InChI is InChI=1S/C14H18N2O4/c1-20-10-4-5-12(11(7-10)14(18)19)16-13(17)9-3-2-6-15-8-9/h4-5,7,9,15H,2-3,6,8H2,1H3,(H,16,17)(H,18,19). The van der Waals surface area contributed by atoms with Crippen LogP contribution < -0.4 is 15.4 Å². The Bertz CT molecular complexity index is 510. The molecule has 3 N–H and O–H groups in total. The molecule has 1 heterocycles. The van der Waals surface area contributed by atoms with Crippen LogP contribution in [0.4, 0.5) is 5.69 Å². The average molecular weight is 278 g/mol. The minimum Gasteiger partial charge on any atom is -0.497 e. The maximum Gasteiger partial charge on any atom is 0.337 e. The van der Waals surface area contributed by atoms with Gasteiger partial charge in [-0.3, -0.25) is 4.79 Å². The van der Waals surface area contributed by atoms with E-state index in [0.717, 1.165) is 19.4 Å². The minimum absolute atomic E-state index is 0.0291. The second-order valence-electron chi connectivity index (χ2n) is 4.75. The number of ether oxygens (including phenoxy) is 1. The molecular formula is C14H18N2O4. The van der Waals surface area contributed by atoms with Crippen LogP contribution in [0.1, 0.15) is 23.2 Å². The first-order valence-corrected chi connectivity index (χ1v) is 6.54. The van der Waals surface area contributed by atoms with E-state index in [9.17, 15) is 14.7 Å². The van der Waals surface area contributed by atoms with Crippen LogP contribution in [0.5, 0.6) is 5.75 Å². The zero-order valence-electron chi connectivity index (χ0n) is 11.3. The number of piperidine rings is 1. The number of carboxylic acid groups (broad SMARTS) is 1. The van der Waals surface area contributed by atoms with Crippen molar-refractivity contribution >= 4 is 17.6 Å². The van der Waals surface area contributed by atoms with Crippen LogP contribution in [0.15, 0.2) is 18.2 Å². The molecule has 0 spiro atoms. The van der Waals surface area contributed by atoms with E-state index in [1.165, 1.54) is 13.2 Å². The second-order valence-corrected chi connectivity index (χ2v) is 4.75. The van der Waals surface area contributed by atoms with E-state index in [1.54, 1.807) is 12.1 Å². The Labute approximate surface area is 117 Å². The van der Waals surface area contributed by atoms with Gasteiger partial charge in [0.2, 0.25) is 5.91 Å². The van der Waals surface area contributed by atoms with Crippen molar-refractivity contribution in [2.24, 2.45) is 5.92 Å². The summed E-state index contributed by atoms with van der Waals surface area (Å²) in [6, 6.07) is 4.58. The maximum atomic E-state index is 12.1. The van der Waals surface area contributed by atoms with Crippen molar-refractivity contribution in [2.45, 2.75) is 12.8 Å². The molecule has 20 heavy (non-hydrogen) atoms. The molecule has 1 unspecified atom stereocenters. The van der Waals surface area contributed by atoms with E-state index >= 15 is 0 Å². The number of anilines is 1. The molecule has 2 rings (SSSR count). The molecule has 1 aliphatic heterocycles. The second kappa shape index (κ2) is 6.38. The van der Waals surface area contributed by atoms with E-state index in [1.807, 2.05) is 0 Å². The van der Waals surface area contributed by atoms with Crippen molar-refractivity contribution in [3.05, 3.63) is 23.8 Å². The van der Waals surface area contributed by atoms with Crippen molar-refractivity contribution in [3.8, 4) is 5.75 Å². The number of hydrogen-bond acceptors (Lipinski definition) is 4. The Morgan fingerprint density at radius 3 is 2.85 bits per heavy atom. The van der Waals surface area contributed by atoms with Crippen LogP contribution in [-0.4, -0.2) is 37.2 Å². The summed E-state index contributed by atoms with van der Waals surface area (Å²) in [5, 5.41) is 15.0. The van der Waals surface area contributed by atoms with Crippen molar-refractivity contribution in [1.82, 2.24) is 5.32 Å². The first-order chi connectivity index (χ1) is 9.61. The summed E-state index contributed by atoms with van der Waals surface area (Å²) in [7, 11) is 1.47. The van der Waals surface area contributed by atoms with E-state index < -0.39 is 5.97 Å². The lowest BCUT2D eigenvalue weighted by atomic mass is 9.98. The van der Waals surface area contributed by atoms with Crippen molar-refractivity contribution in [1.29, 1.82) is 0 Å². The fourth-order valence-electron chi connectivity index (χ4n) is 2.25. The highest BCUT2D eigenvalue weighted by Gasteiger charge is 2.22. The van der Waals surface area contributed by atoms with E-state index in [0.29, 0.717) is 18.0 Å². The summed E-state index contributed by atoms with van der Waals surface area (Å²) >= 11 is 0. The number of rotatable bonds is 4. The molecule has 108 valence electrons. The van der Waals surface area contributed by atoms with Gasteiger partial charge in [0.25, 0.3) is 0 Å². The Balaban J connectivity index is 2.15. The summed E-state index contributed by atoms with van der Waals surface area (Å²) in [5.41, 5.74) is 0.329. The lowest BCUT2D eigenvalue weighted by Gasteiger charge is -2.22. The highest BCUT2D eigenvalue weighted by atomic mass is 16.5. The molecule has 6 nitrogen and oxygen atoms in total. The van der Waals surface area contributed by atoms with Crippen molar-refractivity contribution in [2.75, 3.05) is 25.5 Å². The van der Waals surface area contributed by atoms with Gasteiger partial charge in [0.05, 0.1) is 24.3 Å². The fourth-order valence-corrected chi connectivity index (χ4v) is 2.25. The monoisotopic (exact) mass is 278 g/mol. The van der Waals surface area contributed by atoms with Gasteiger partial charge in [0, 0.05) is 6.54 Å². The van der Waals surface area contributed by atoms with Crippen molar-refractivity contribution in [3.63, 3.8) is 0 Å². The maximum absolute atomic E-state index is 12.1. The molecule has 1 atom stereocenters. The average Bonchev–Trinajstić information content (AvgIpc) is 2.48. The number of aromatic carboxylic acids is 1. The van der Waals surface area contributed by atoms with E-state index in [2.05, 4.69) is 10.6 Å². The topological polar surface area (TPSA) is 87.7 Å². The number of benzene rings is 1. The Hall–Kier alpha value is -2.08. The van der Waals surface area contributed by atoms with E-state index in [4.69, 9.17) is 4.74 Å². The Morgan fingerprint density at radius 2 is 2.25 bits per heavy atom. The third kappa shape index (κ3) is 3.27.